The molecular weight excluding hydrogens is 336 g/mol. The molecule has 27 heavy (non-hydrogen) atoms. The highest BCUT2D eigenvalue weighted by atomic mass is 16.2. The van der Waals surface area contributed by atoms with Gasteiger partial charge in [0.05, 0.1) is 5.57 Å². The van der Waals surface area contributed by atoms with Crippen molar-refractivity contribution in [3.63, 3.8) is 0 Å². The Labute approximate surface area is 160 Å². The summed E-state index contributed by atoms with van der Waals surface area (Å²) in [5.41, 5.74) is 6.91. The van der Waals surface area contributed by atoms with Crippen LogP contribution < -0.4 is 5.32 Å². The standard InChI is InChI=1S/C23H26N2O2/c1-6-12-25-22(26)20(18-11-10-14(2)16(4)13-18)21(23(25)27)24-19-9-7-8-15(3)17(19)5/h7-11,13,24H,6,12H2,1-5H3. The molecule has 0 unspecified atom stereocenters. The van der Waals surface area contributed by atoms with Gasteiger partial charge in [0.2, 0.25) is 0 Å². The number of amides is 2. The van der Waals surface area contributed by atoms with Crippen LogP contribution in [0.5, 0.6) is 0 Å². The van der Waals surface area contributed by atoms with E-state index in [2.05, 4.69) is 5.32 Å². The van der Waals surface area contributed by atoms with Crippen LogP contribution in [0, 0.1) is 27.7 Å². The molecule has 3 rings (SSSR count). The SMILES string of the molecule is CCCN1C(=O)C(Nc2cccc(C)c2C)=C(c2ccc(C)c(C)c2)C1=O. The Kier molecular flexibility index (Phi) is 5.17. The van der Waals surface area contributed by atoms with E-state index in [-0.39, 0.29) is 11.8 Å². The minimum atomic E-state index is -0.254. The average molecular weight is 362 g/mol. The van der Waals surface area contributed by atoms with Crippen LogP contribution in [0.2, 0.25) is 0 Å². The van der Waals surface area contributed by atoms with Gasteiger partial charge in [-0.3, -0.25) is 14.5 Å². The van der Waals surface area contributed by atoms with Crippen molar-refractivity contribution in [2.45, 2.75) is 41.0 Å². The van der Waals surface area contributed by atoms with Gasteiger partial charge in [0.25, 0.3) is 11.8 Å². The zero-order valence-electron chi connectivity index (χ0n) is 16.6. The number of hydrogen-bond acceptors (Lipinski definition) is 3. The average Bonchev–Trinajstić information content (AvgIpc) is 2.86. The van der Waals surface area contributed by atoms with E-state index in [1.54, 1.807) is 0 Å². The molecule has 0 saturated heterocycles. The van der Waals surface area contributed by atoms with Crippen LogP contribution >= 0.6 is 0 Å². The van der Waals surface area contributed by atoms with Crippen LogP contribution in [0.3, 0.4) is 0 Å². The Morgan fingerprint density at radius 1 is 0.889 bits per heavy atom. The predicted octanol–water partition coefficient (Wildman–Crippen LogP) is 4.52. The van der Waals surface area contributed by atoms with E-state index in [0.29, 0.717) is 17.8 Å². The minimum Gasteiger partial charge on any atom is -0.350 e. The van der Waals surface area contributed by atoms with Gasteiger partial charge in [0, 0.05) is 12.2 Å². The Morgan fingerprint density at radius 3 is 2.30 bits per heavy atom. The molecule has 140 valence electrons. The Bertz CT molecular complexity index is 957. The van der Waals surface area contributed by atoms with Crippen LogP contribution in [0.1, 0.15) is 41.2 Å². The predicted molar refractivity (Wildman–Crippen MR) is 109 cm³/mol. The smallest absolute Gasteiger partial charge is 0.278 e. The van der Waals surface area contributed by atoms with Crippen molar-refractivity contribution in [3.8, 4) is 0 Å². The summed E-state index contributed by atoms with van der Waals surface area (Å²) in [5, 5.41) is 3.27. The summed E-state index contributed by atoms with van der Waals surface area (Å²) in [6.45, 7) is 10.5. The van der Waals surface area contributed by atoms with E-state index in [1.165, 1.54) is 4.90 Å². The maximum Gasteiger partial charge on any atom is 0.278 e. The summed E-state index contributed by atoms with van der Waals surface area (Å²) < 4.78 is 0. The summed E-state index contributed by atoms with van der Waals surface area (Å²) in [6, 6.07) is 11.8. The van der Waals surface area contributed by atoms with Crippen molar-refractivity contribution < 1.29 is 9.59 Å². The van der Waals surface area contributed by atoms with E-state index in [0.717, 1.165) is 39.9 Å². The first-order valence-electron chi connectivity index (χ1n) is 9.36. The Morgan fingerprint density at radius 2 is 1.63 bits per heavy atom. The number of hydrogen-bond donors (Lipinski definition) is 1. The fourth-order valence-electron chi connectivity index (χ4n) is 3.30. The molecule has 1 N–H and O–H groups in total. The highest BCUT2D eigenvalue weighted by Gasteiger charge is 2.38. The van der Waals surface area contributed by atoms with Crippen LogP contribution in [-0.4, -0.2) is 23.3 Å². The molecule has 0 aliphatic carbocycles. The molecule has 4 nitrogen and oxygen atoms in total. The van der Waals surface area contributed by atoms with Gasteiger partial charge in [-0.25, -0.2) is 0 Å². The van der Waals surface area contributed by atoms with Crippen molar-refractivity contribution in [3.05, 3.63) is 69.9 Å². The van der Waals surface area contributed by atoms with Crippen molar-refractivity contribution in [1.82, 2.24) is 4.90 Å². The largest absolute Gasteiger partial charge is 0.350 e. The van der Waals surface area contributed by atoms with Gasteiger partial charge in [-0.15, -0.1) is 0 Å². The van der Waals surface area contributed by atoms with Gasteiger partial charge in [0.15, 0.2) is 0 Å². The number of imide groups is 1. The first-order valence-corrected chi connectivity index (χ1v) is 9.36. The summed E-state index contributed by atoms with van der Waals surface area (Å²) >= 11 is 0. The normalized spacial score (nSPS) is 14.3. The van der Waals surface area contributed by atoms with Gasteiger partial charge in [-0.2, -0.15) is 0 Å². The maximum absolute atomic E-state index is 13.1. The molecule has 2 aromatic carbocycles. The molecule has 1 aliphatic rings. The third kappa shape index (κ3) is 3.39. The van der Waals surface area contributed by atoms with Gasteiger partial charge in [-0.05, 0) is 68.0 Å². The summed E-state index contributed by atoms with van der Waals surface area (Å²) in [7, 11) is 0. The lowest BCUT2D eigenvalue weighted by atomic mass is 9.99. The Hall–Kier alpha value is -2.88. The van der Waals surface area contributed by atoms with Crippen LogP contribution in [0.15, 0.2) is 42.1 Å². The fraction of sp³-hybridized carbons (Fsp3) is 0.304. The number of anilines is 1. The van der Waals surface area contributed by atoms with Crippen molar-refractivity contribution >= 4 is 23.1 Å². The van der Waals surface area contributed by atoms with Gasteiger partial charge < -0.3 is 5.32 Å². The highest BCUT2D eigenvalue weighted by molar-refractivity contribution is 6.36. The van der Waals surface area contributed by atoms with E-state index >= 15 is 0 Å². The van der Waals surface area contributed by atoms with Crippen molar-refractivity contribution in [1.29, 1.82) is 0 Å². The number of carbonyl (C=O) groups is 2. The topological polar surface area (TPSA) is 49.4 Å². The quantitative estimate of drug-likeness (QED) is 0.796. The molecule has 1 aliphatic heterocycles. The van der Waals surface area contributed by atoms with Crippen molar-refractivity contribution in [2.24, 2.45) is 0 Å². The fourth-order valence-corrected chi connectivity index (χ4v) is 3.30. The number of carbonyl (C=O) groups excluding carboxylic acids is 2. The first-order chi connectivity index (χ1) is 12.8. The number of nitrogens with one attached hydrogen (secondary N) is 1. The van der Waals surface area contributed by atoms with E-state index in [1.807, 2.05) is 71.0 Å². The molecule has 2 amide bonds. The van der Waals surface area contributed by atoms with Crippen LogP contribution in [0.4, 0.5) is 5.69 Å². The number of aryl methyl sites for hydroxylation is 3. The van der Waals surface area contributed by atoms with E-state index in [4.69, 9.17) is 0 Å². The summed E-state index contributed by atoms with van der Waals surface area (Å²) in [5.74, 6) is -0.478. The molecule has 4 heteroatoms. The molecule has 0 fully saturated rings. The van der Waals surface area contributed by atoms with Crippen LogP contribution in [0.25, 0.3) is 5.57 Å². The van der Waals surface area contributed by atoms with Crippen molar-refractivity contribution in [2.75, 3.05) is 11.9 Å². The second kappa shape index (κ2) is 7.39. The lowest BCUT2D eigenvalue weighted by Gasteiger charge is -2.15. The zero-order valence-corrected chi connectivity index (χ0v) is 16.6. The number of benzene rings is 2. The first kappa shape index (κ1) is 18.9. The Balaban J connectivity index is 2.14. The third-order valence-corrected chi connectivity index (χ3v) is 5.28. The second-order valence-corrected chi connectivity index (χ2v) is 7.18. The minimum absolute atomic E-state index is 0.224. The highest BCUT2D eigenvalue weighted by Crippen LogP contribution is 2.32. The van der Waals surface area contributed by atoms with E-state index < -0.39 is 0 Å². The molecule has 0 radical (unpaired) electrons. The van der Waals surface area contributed by atoms with Gasteiger partial charge in [0.1, 0.15) is 5.70 Å². The number of nitrogens with zero attached hydrogens (tertiary/aromatic N) is 1. The monoisotopic (exact) mass is 362 g/mol. The second-order valence-electron chi connectivity index (χ2n) is 7.18. The molecule has 0 spiro atoms. The molecule has 0 atom stereocenters. The molecule has 0 aromatic heterocycles. The molecule has 0 bridgehead atoms. The lowest BCUT2D eigenvalue weighted by molar-refractivity contribution is -0.136. The number of rotatable bonds is 5. The summed E-state index contributed by atoms with van der Waals surface area (Å²) in [6.07, 6.45) is 0.731. The summed E-state index contributed by atoms with van der Waals surface area (Å²) in [4.78, 5) is 27.4. The van der Waals surface area contributed by atoms with Gasteiger partial charge >= 0.3 is 0 Å². The third-order valence-electron chi connectivity index (χ3n) is 5.28. The van der Waals surface area contributed by atoms with E-state index in [9.17, 15) is 9.59 Å². The maximum atomic E-state index is 13.1. The lowest BCUT2D eigenvalue weighted by Crippen LogP contribution is -2.33. The molecular formula is C23H26N2O2. The molecule has 0 saturated carbocycles. The van der Waals surface area contributed by atoms with Gasteiger partial charge in [-0.1, -0.05) is 37.3 Å². The van der Waals surface area contributed by atoms with Crippen LogP contribution in [-0.2, 0) is 9.59 Å². The molecule has 2 aromatic rings. The zero-order chi connectivity index (χ0) is 19.7. The molecule has 1 heterocycles.